The van der Waals surface area contributed by atoms with Gasteiger partial charge in [-0.2, -0.15) is 0 Å². The van der Waals surface area contributed by atoms with Gasteiger partial charge in [-0.15, -0.1) is 0 Å². The minimum atomic E-state index is -0.140. The molecule has 1 aromatic carbocycles. The van der Waals surface area contributed by atoms with Crippen molar-refractivity contribution < 1.29 is 9.21 Å². The molecule has 22 heavy (non-hydrogen) atoms. The fourth-order valence-corrected chi connectivity index (χ4v) is 2.64. The van der Waals surface area contributed by atoms with E-state index in [1.807, 2.05) is 12.1 Å². The molecule has 2 heterocycles. The van der Waals surface area contributed by atoms with Crippen LogP contribution < -0.4 is 10.2 Å². The summed E-state index contributed by atoms with van der Waals surface area (Å²) in [5, 5.41) is 2.90. The van der Waals surface area contributed by atoms with Gasteiger partial charge >= 0.3 is 0 Å². The third-order valence-corrected chi connectivity index (χ3v) is 4.10. The molecule has 0 aliphatic carbocycles. The number of carbonyl (C=O) groups is 1. The number of hydrogen-bond acceptors (Lipinski definition) is 4. The average Bonchev–Trinajstić information content (AvgIpc) is 2.95. The summed E-state index contributed by atoms with van der Waals surface area (Å²) >= 11 is 0. The summed E-state index contributed by atoms with van der Waals surface area (Å²) in [6.45, 7) is 6.02. The summed E-state index contributed by atoms with van der Waals surface area (Å²) in [4.78, 5) is 16.8. The van der Waals surface area contributed by atoms with Crippen molar-refractivity contribution in [1.82, 2.24) is 4.90 Å². The van der Waals surface area contributed by atoms with E-state index in [1.165, 1.54) is 12.0 Å². The Morgan fingerprint density at radius 1 is 1.09 bits per heavy atom. The largest absolute Gasteiger partial charge is 0.469 e. The molecule has 0 unspecified atom stereocenters. The molecular formula is C17H21N3O2. The summed E-state index contributed by atoms with van der Waals surface area (Å²) in [5.74, 6) is 0.491. The monoisotopic (exact) mass is 299 g/mol. The lowest BCUT2D eigenvalue weighted by Gasteiger charge is -2.34. The Bertz CT molecular complexity index is 640. The van der Waals surface area contributed by atoms with E-state index in [0.29, 0.717) is 11.3 Å². The lowest BCUT2D eigenvalue weighted by atomic mass is 10.2. The quantitative estimate of drug-likeness (QED) is 0.946. The first kappa shape index (κ1) is 14.7. The number of hydrogen-bond donors (Lipinski definition) is 1. The van der Waals surface area contributed by atoms with Crippen LogP contribution in [0.2, 0.25) is 0 Å². The number of carbonyl (C=O) groups excluding carboxylic acids is 1. The van der Waals surface area contributed by atoms with Crippen LogP contribution >= 0.6 is 0 Å². The van der Waals surface area contributed by atoms with Crippen LogP contribution in [0.1, 0.15) is 16.1 Å². The molecule has 0 atom stereocenters. The zero-order valence-electron chi connectivity index (χ0n) is 13.0. The predicted octanol–water partition coefficient (Wildman–Crippen LogP) is 2.59. The van der Waals surface area contributed by atoms with E-state index in [9.17, 15) is 4.79 Å². The zero-order valence-corrected chi connectivity index (χ0v) is 13.0. The third kappa shape index (κ3) is 3.14. The average molecular weight is 299 g/mol. The van der Waals surface area contributed by atoms with Crippen molar-refractivity contribution in [1.29, 1.82) is 0 Å². The molecule has 1 aliphatic heterocycles. The van der Waals surface area contributed by atoms with Crippen molar-refractivity contribution in [2.75, 3.05) is 43.4 Å². The van der Waals surface area contributed by atoms with Gasteiger partial charge < -0.3 is 19.5 Å². The molecule has 1 aliphatic rings. The number of rotatable bonds is 3. The molecule has 5 heteroatoms. The van der Waals surface area contributed by atoms with Crippen molar-refractivity contribution in [2.24, 2.45) is 0 Å². The Hall–Kier alpha value is -2.27. The topological polar surface area (TPSA) is 48.7 Å². The van der Waals surface area contributed by atoms with Crippen LogP contribution in [0.15, 0.2) is 41.0 Å². The summed E-state index contributed by atoms with van der Waals surface area (Å²) in [6, 6.07) is 9.69. The standard InChI is InChI=1S/C17H21N3O2/c1-13-16(7-12-22-13)17(21)18-14-3-5-15(6-4-14)20-10-8-19(2)9-11-20/h3-7,12H,8-11H2,1-2H3,(H,18,21). The SMILES string of the molecule is Cc1occc1C(=O)Nc1ccc(N2CCN(C)CC2)cc1. The lowest BCUT2D eigenvalue weighted by molar-refractivity contribution is 0.102. The number of piperazine rings is 1. The van der Waals surface area contributed by atoms with E-state index in [1.54, 1.807) is 13.0 Å². The van der Waals surface area contributed by atoms with Gasteiger partial charge in [-0.25, -0.2) is 0 Å². The van der Waals surface area contributed by atoms with Gasteiger partial charge in [0.15, 0.2) is 0 Å². The van der Waals surface area contributed by atoms with Gasteiger partial charge in [0, 0.05) is 37.6 Å². The van der Waals surface area contributed by atoms with Crippen LogP contribution in [0.5, 0.6) is 0 Å². The number of anilines is 2. The molecule has 116 valence electrons. The maximum absolute atomic E-state index is 12.1. The number of amides is 1. The van der Waals surface area contributed by atoms with Gasteiger partial charge in [0.1, 0.15) is 5.76 Å². The Labute approximate surface area is 130 Å². The highest BCUT2D eigenvalue weighted by Crippen LogP contribution is 2.20. The summed E-state index contributed by atoms with van der Waals surface area (Å²) in [6.07, 6.45) is 1.53. The van der Waals surface area contributed by atoms with E-state index in [4.69, 9.17) is 4.42 Å². The minimum absolute atomic E-state index is 0.140. The Kier molecular flexibility index (Phi) is 4.15. The van der Waals surface area contributed by atoms with Crippen molar-refractivity contribution in [3.63, 3.8) is 0 Å². The van der Waals surface area contributed by atoms with Gasteiger partial charge in [0.25, 0.3) is 5.91 Å². The number of nitrogens with one attached hydrogen (secondary N) is 1. The van der Waals surface area contributed by atoms with Gasteiger partial charge in [-0.1, -0.05) is 0 Å². The van der Waals surface area contributed by atoms with Gasteiger partial charge in [-0.3, -0.25) is 4.79 Å². The van der Waals surface area contributed by atoms with Crippen LogP contribution in [0.4, 0.5) is 11.4 Å². The van der Waals surface area contributed by atoms with Crippen molar-refractivity contribution in [3.05, 3.63) is 47.9 Å². The number of benzene rings is 1. The summed E-state index contributed by atoms with van der Waals surface area (Å²) < 4.78 is 5.16. The Morgan fingerprint density at radius 2 is 1.77 bits per heavy atom. The Morgan fingerprint density at radius 3 is 2.36 bits per heavy atom. The van der Waals surface area contributed by atoms with E-state index >= 15 is 0 Å². The lowest BCUT2D eigenvalue weighted by Crippen LogP contribution is -2.44. The second-order valence-electron chi connectivity index (χ2n) is 5.68. The molecule has 2 aromatic rings. The smallest absolute Gasteiger partial charge is 0.259 e. The minimum Gasteiger partial charge on any atom is -0.469 e. The molecule has 0 bridgehead atoms. The van der Waals surface area contributed by atoms with Crippen molar-refractivity contribution in [3.8, 4) is 0 Å². The van der Waals surface area contributed by atoms with E-state index in [0.717, 1.165) is 31.9 Å². The summed E-state index contributed by atoms with van der Waals surface area (Å²) in [5.41, 5.74) is 2.57. The fourth-order valence-electron chi connectivity index (χ4n) is 2.64. The normalized spacial score (nSPS) is 15.8. The van der Waals surface area contributed by atoms with Crippen LogP contribution in [0.25, 0.3) is 0 Å². The van der Waals surface area contributed by atoms with Crippen LogP contribution in [-0.4, -0.2) is 44.0 Å². The van der Waals surface area contributed by atoms with Gasteiger partial charge in [0.05, 0.1) is 11.8 Å². The molecule has 0 spiro atoms. The molecular weight excluding hydrogens is 278 g/mol. The first-order valence-electron chi connectivity index (χ1n) is 7.52. The van der Waals surface area contributed by atoms with E-state index < -0.39 is 0 Å². The number of furan rings is 1. The summed E-state index contributed by atoms with van der Waals surface area (Å²) in [7, 11) is 2.15. The van der Waals surface area contributed by atoms with Gasteiger partial charge in [0.2, 0.25) is 0 Å². The highest BCUT2D eigenvalue weighted by molar-refractivity contribution is 6.04. The van der Waals surface area contributed by atoms with Gasteiger partial charge in [-0.05, 0) is 44.3 Å². The second-order valence-corrected chi connectivity index (χ2v) is 5.68. The molecule has 1 aromatic heterocycles. The van der Waals surface area contributed by atoms with E-state index in [2.05, 4.69) is 34.3 Å². The highest BCUT2D eigenvalue weighted by atomic mass is 16.3. The molecule has 0 radical (unpaired) electrons. The number of likely N-dealkylation sites (N-methyl/N-ethyl adjacent to an activating group) is 1. The predicted molar refractivity (Wildman–Crippen MR) is 87.6 cm³/mol. The van der Waals surface area contributed by atoms with Crippen LogP contribution in [0, 0.1) is 6.92 Å². The first-order chi connectivity index (χ1) is 10.6. The van der Waals surface area contributed by atoms with Crippen LogP contribution in [0.3, 0.4) is 0 Å². The molecule has 1 fully saturated rings. The molecule has 3 rings (SSSR count). The van der Waals surface area contributed by atoms with Crippen molar-refractivity contribution >= 4 is 17.3 Å². The highest BCUT2D eigenvalue weighted by Gasteiger charge is 2.15. The van der Waals surface area contributed by atoms with Crippen LogP contribution in [-0.2, 0) is 0 Å². The fraction of sp³-hybridized carbons (Fsp3) is 0.353. The van der Waals surface area contributed by atoms with Crippen molar-refractivity contribution in [2.45, 2.75) is 6.92 Å². The molecule has 0 saturated carbocycles. The molecule has 1 amide bonds. The maximum atomic E-state index is 12.1. The molecule has 1 saturated heterocycles. The third-order valence-electron chi connectivity index (χ3n) is 4.10. The molecule has 5 nitrogen and oxygen atoms in total. The zero-order chi connectivity index (χ0) is 15.5. The number of aryl methyl sites for hydroxylation is 1. The van der Waals surface area contributed by atoms with E-state index in [-0.39, 0.29) is 5.91 Å². The maximum Gasteiger partial charge on any atom is 0.259 e. The first-order valence-corrected chi connectivity index (χ1v) is 7.52. The number of nitrogens with zero attached hydrogens (tertiary/aromatic N) is 2. The Balaban J connectivity index is 1.64. The molecule has 1 N–H and O–H groups in total. The second kappa shape index (κ2) is 6.23.